The number of rotatable bonds is 7. The van der Waals surface area contributed by atoms with Crippen molar-refractivity contribution in [3.63, 3.8) is 0 Å². The van der Waals surface area contributed by atoms with Crippen LogP contribution >= 0.6 is 23.4 Å². The second-order valence-electron chi connectivity index (χ2n) is 8.33. The Kier molecular flexibility index (Phi) is 7.44. The summed E-state index contributed by atoms with van der Waals surface area (Å²) < 4.78 is 7.18. The number of aromatic nitrogens is 3. The Morgan fingerprint density at radius 1 is 1.21 bits per heavy atom. The summed E-state index contributed by atoms with van der Waals surface area (Å²) in [5.41, 5.74) is 0.860. The third-order valence-electron chi connectivity index (χ3n) is 5.99. The molecule has 1 saturated carbocycles. The number of hydrogen-bond donors (Lipinski definition) is 1. The van der Waals surface area contributed by atoms with Gasteiger partial charge in [0.2, 0.25) is 5.91 Å². The Labute approximate surface area is 208 Å². The maximum absolute atomic E-state index is 13.1. The molecule has 7 nitrogen and oxygen atoms in total. The number of nitrogens with one attached hydrogen (secondary N) is 1. The first-order valence-electron chi connectivity index (χ1n) is 11.2. The van der Waals surface area contributed by atoms with Crippen LogP contribution in [0.5, 0.6) is 5.75 Å². The summed E-state index contributed by atoms with van der Waals surface area (Å²) in [6, 6.07) is 17.5. The maximum Gasteiger partial charge on any atom is 0.234 e. The molecule has 1 aliphatic carbocycles. The van der Waals surface area contributed by atoms with Crippen LogP contribution in [0.25, 0.3) is 17.1 Å². The zero-order chi connectivity index (χ0) is 24.1. The van der Waals surface area contributed by atoms with Gasteiger partial charge in [-0.1, -0.05) is 73.0 Å². The van der Waals surface area contributed by atoms with Crippen LogP contribution in [0.4, 0.5) is 0 Å². The first kappa shape index (κ1) is 24.1. The smallest absolute Gasteiger partial charge is 0.234 e. The molecule has 0 radical (unpaired) electrons. The summed E-state index contributed by atoms with van der Waals surface area (Å²) >= 11 is 7.71. The molecule has 1 amide bonds. The lowest BCUT2D eigenvalue weighted by Gasteiger charge is -2.32. The van der Waals surface area contributed by atoms with E-state index in [0.29, 0.717) is 34.6 Å². The van der Waals surface area contributed by atoms with Crippen molar-refractivity contribution in [2.75, 3.05) is 7.11 Å². The number of hydrogen-bond acceptors (Lipinski definition) is 6. The molecule has 2 aromatic carbocycles. The molecule has 34 heavy (non-hydrogen) atoms. The first-order chi connectivity index (χ1) is 16.5. The van der Waals surface area contributed by atoms with E-state index in [1.165, 1.54) is 11.8 Å². The monoisotopic (exact) mass is 495 g/mol. The van der Waals surface area contributed by atoms with E-state index in [0.717, 1.165) is 30.5 Å². The van der Waals surface area contributed by atoms with Gasteiger partial charge in [-0.15, -0.1) is 10.2 Å². The molecule has 0 saturated heterocycles. The normalized spacial score (nSPS) is 15.8. The lowest BCUT2D eigenvalue weighted by molar-refractivity contribution is -0.121. The van der Waals surface area contributed by atoms with Crippen LogP contribution in [0.15, 0.2) is 53.7 Å². The highest BCUT2D eigenvalue weighted by atomic mass is 35.5. The Morgan fingerprint density at radius 3 is 2.59 bits per heavy atom. The van der Waals surface area contributed by atoms with Gasteiger partial charge >= 0.3 is 0 Å². The standard InChI is InChI=1S/C25H26ClN5O2S/c1-17(23(32)28-25(16-27)13-7-4-8-14-25)34-24-30-29-22(18-9-5-3-6-10-18)31(24)19-11-12-21(33-2)20(26)15-19/h3,5-6,9-12,15,17H,4,7-8,13-14H2,1-2H3,(H,28,32). The molecule has 4 rings (SSSR count). The molecule has 1 aliphatic rings. The molecule has 176 valence electrons. The largest absolute Gasteiger partial charge is 0.495 e. The van der Waals surface area contributed by atoms with E-state index < -0.39 is 10.8 Å². The van der Waals surface area contributed by atoms with Crippen molar-refractivity contribution < 1.29 is 9.53 Å². The van der Waals surface area contributed by atoms with Gasteiger partial charge < -0.3 is 10.1 Å². The highest BCUT2D eigenvalue weighted by Crippen LogP contribution is 2.34. The Hall–Kier alpha value is -3.02. The summed E-state index contributed by atoms with van der Waals surface area (Å²) in [7, 11) is 1.57. The van der Waals surface area contributed by atoms with E-state index in [-0.39, 0.29) is 5.91 Å². The number of nitrogens with zero attached hydrogens (tertiary/aromatic N) is 4. The first-order valence-corrected chi connectivity index (χ1v) is 12.5. The number of amides is 1. The van der Waals surface area contributed by atoms with Gasteiger partial charge in [-0.2, -0.15) is 5.26 Å². The van der Waals surface area contributed by atoms with Gasteiger partial charge in [-0.05, 0) is 38.0 Å². The van der Waals surface area contributed by atoms with Crippen molar-refractivity contribution in [3.05, 3.63) is 53.6 Å². The minimum absolute atomic E-state index is 0.183. The number of methoxy groups -OCH3 is 1. The highest BCUT2D eigenvalue weighted by molar-refractivity contribution is 8.00. The topological polar surface area (TPSA) is 92.8 Å². The maximum atomic E-state index is 13.1. The lowest BCUT2D eigenvalue weighted by Crippen LogP contribution is -2.50. The average Bonchev–Trinajstić information content (AvgIpc) is 3.28. The Bertz CT molecular complexity index is 1200. The molecule has 1 fully saturated rings. The SMILES string of the molecule is COc1ccc(-n2c(SC(C)C(=O)NC3(C#N)CCCCC3)nnc2-c2ccccc2)cc1Cl. The van der Waals surface area contributed by atoms with E-state index in [2.05, 4.69) is 21.6 Å². The molecular formula is C25H26ClN5O2S. The molecule has 0 spiro atoms. The summed E-state index contributed by atoms with van der Waals surface area (Å²) in [5, 5.41) is 22.1. The van der Waals surface area contributed by atoms with Crippen molar-refractivity contribution in [1.29, 1.82) is 5.26 Å². The van der Waals surface area contributed by atoms with Crippen molar-refractivity contribution >= 4 is 29.3 Å². The molecule has 1 N–H and O–H groups in total. The zero-order valence-corrected chi connectivity index (χ0v) is 20.7. The van der Waals surface area contributed by atoms with Crippen LogP contribution in [0.3, 0.4) is 0 Å². The van der Waals surface area contributed by atoms with Gasteiger partial charge in [0.05, 0.1) is 29.1 Å². The van der Waals surface area contributed by atoms with Crippen LogP contribution in [0.1, 0.15) is 39.0 Å². The number of carbonyl (C=O) groups excluding carboxylic acids is 1. The number of carbonyl (C=O) groups is 1. The molecule has 1 atom stereocenters. The molecule has 9 heteroatoms. The summed E-state index contributed by atoms with van der Waals surface area (Å²) in [5.74, 6) is 1.02. The van der Waals surface area contributed by atoms with Crippen molar-refractivity contribution in [3.8, 4) is 28.9 Å². The highest BCUT2D eigenvalue weighted by Gasteiger charge is 2.35. The van der Waals surface area contributed by atoms with Gasteiger partial charge in [0.15, 0.2) is 11.0 Å². The number of benzene rings is 2. The minimum Gasteiger partial charge on any atom is -0.495 e. The molecular weight excluding hydrogens is 470 g/mol. The van der Waals surface area contributed by atoms with Crippen LogP contribution in [0, 0.1) is 11.3 Å². The Balaban J connectivity index is 1.65. The summed E-state index contributed by atoms with van der Waals surface area (Å²) in [6.45, 7) is 1.82. The lowest BCUT2D eigenvalue weighted by atomic mass is 9.83. The van der Waals surface area contributed by atoms with Gasteiger partial charge in [0.25, 0.3) is 0 Å². The van der Waals surface area contributed by atoms with Gasteiger partial charge in [0.1, 0.15) is 11.3 Å². The van der Waals surface area contributed by atoms with E-state index >= 15 is 0 Å². The molecule has 1 aromatic heterocycles. The molecule has 1 heterocycles. The second-order valence-corrected chi connectivity index (χ2v) is 10.0. The fourth-order valence-corrected chi connectivity index (χ4v) is 5.24. The van der Waals surface area contributed by atoms with Crippen molar-refractivity contribution in [1.82, 2.24) is 20.1 Å². The summed E-state index contributed by atoms with van der Waals surface area (Å²) in [6.07, 6.45) is 4.36. The predicted octanol–water partition coefficient (Wildman–Crippen LogP) is 5.42. The molecule has 0 aliphatic heterocycles. The Morgan fingerprint density at radius 2 is 1.94 bits per heavy atom. The third kappa shape index (κ3) is 5.06. The number of ether oxygens (including phenoxy) is 1. The van der Waals surface area contributed by atoms with E-state index in [1.807, 2.05) is 47.9 Å². The van der Waals surface area contributed by atoms with Crippen molar-refractivity contribution in [2.24, 2.45) is 0 Å². The van der Waals surface area contributed by atoms with Gasteiger partial charge in [-0.25, -0.2) is 0 Å². The zero-order valence-electron chi connectivity index (χ0n) is 19.1. The quantitative estimate of drug-likeness (QED) is 0.440. The van der Waals surface area contributed by atoms with Gasteiger partial charge in [0, 0.05) is 5.56 Å². The minimum atomic E-state index is -0.781. The molecule has 3 aromatic rings. The fraction of sp³-hybridized carbons (Fsp3) is 0.360. The van der Waals surface area contributed by atoms with Crippen molar-refractivity contribution in [2.45, 2.75) is 55.0 Å². The third-order valence-corrected chi connectivity index (χ3v) is 7.33. The number of thioether (sulfide) groups is 1. The molecule has 0 bridgehead atoms. The van der Waals surface area contributed by atoms with Gasteiger partial charge in [-0.3, -0.25) is 9.36 Å². The number of halogens is 1. The summed E-state index contributed by atoms with van der Waals surface area (Å²) in [4.78, 5) is 13.1. The molecule has 1 unspecified atom stereocenters. The number of nitriles is 1. The van der Waals surface area contributed by atoms with E-state index in [9.17, 15) is 10.1 Å². The van der Waals surface area contributed by atoms with E-state index in [4.69, 9.17) is 16.3 Å². The van der Waals surface area contributed by atoms with E-state index in [1.54, 1.807) is 19.2 Å². The van der Waals surface area contributed by atoms with Crippen LogP contribution in [0.2, 0.25) is 5.02 Å². The predicted molar refractivity (Wildman–Crippen MR) is 133 cm³/mol. The average molecular weight is 496 g/mol. The van der Waals surface area contributed by atoms with Crippen LogP contribution in [-0.4, -0.2) is 38.6 Å². The fourth-order valence-electron chi connectivity index (χ4n) is 4.12. The van der Waals surface area contributed by atoms with Crippen LogP contribution in [-0.2, 0) is 4.79 Å². The van der Waals surface area contributed by atoms with Crippen LogP contribution < -0.4 is 10.1 Å². The second kappa shape index (κ2) is 10.5.